The molecule has 0 amide bonds. The molecule has 3 fully saturated rings. The number of carbonyl (C=O) groups is 1. The second kappa shape index (κ2) is 8.96. The van der Waals surface area contributed by atoms with E-state index in [4.69, 9.17) is 4.74 Å². The van der Waals surface area contributed by atoms with Crippen LogP contribution in [0.1, 0.15) is 52.1 Å². The van der Waals surface area contributed by atoms with E-state index in [0.29, 0.717) is 45.8 Å². The number of carbonyl (C=O) groups excluding carboxylic acids is 1. The van der Waals surface area contributed by atoms with E-state index in [1.807, 2.05) is 12.1 Å². The maximum atomic E-state index is 13.2. The van der Waals surface area contributed by atoms with Crippen molar-refractivity contribution in [2.45, 2.75) is 59.0 Å². The van der Waals surface area contributed by atoms with Crippen LogP contribution in [0.5, 0.6) is 0 Å². The van der Waals surface area contributed by atoms with E-state index in [1.54, 1.807) is 25.5 Å². The van der Waals surface area contributed by atoms with Gasteiger partial charge in [-0.25, -0.2) is 9.48 Å². The van der Waals surface area contributed by atoms with Crippen LogP contribution < -0.4 is 10.9 Å². The Balaban J connectivity index is 1.58. The van der Waals surface area contributed by atoms with Crippen molar-refractivity contribution in [2.75, 3.05) is 11.9 Å². The Kier molecular flexibility index (Phi) is 6.43. The minimum atomic E-state index is -0.850. The standard InChI is InChI=1S/C24H31BrN4O3/c1-5-32-23(31)20(10-15-6-8-26-9-7-15)29-22(30)21(25)19(13-27-29)28-18-12-16-11-17(14(18)2)24(16,3)4/h6-9,13-14,16-18,20,28H,5,10-12H2,1-4H3/t14-,16+,17+,18+,20?/m0/s1. The number of pyridine rings is 1. The quantitative estimate of drug-likeness (QED) is 0.570. The van der Waals surface area contributed by atoms with E-state index in [1.165, 1.54) is 11.1 Å². The lowest BCUT2D eigenvalue weighted by Crippen LogP contribution is -2.58. The molecule has 3 aliphatic rings. The predicted molar refractivity (Wildman–Crippen MR) is 126 cm³/mol. The van der Waals surface area contributed by atoms with Crippen molar-refractivity contribution in [3.63, 3.8) is 0 Å². The van der Waals surface area contributed by atoms with Crippen molar-refractivity contribution in [3.05, 3.63) is 51.1 Å². The van der Waals surface area contributed by atoms with Crippen LogP contribution in [0.4, 0.5) is 5.69 Å². The Bertz CT molecular complexity index is 1040. The summed E-state index contributed by atoms with van der Waals surface area (Å²) in [6.45, 7) is 9.02. The molecule has 0 saturated heterocycles. The second-order valence-electron chi connectivity index (χ2n) is 9.66. The Labute approximate surface area is 197 Å². The van der Waals surface area contributed by atoms with Gasteiger partial charge in [-0.15, -0.1) is 0 Å². The van der Waals surface area contributed by atoms with Crippen molar-refractivity contribution in [1.29, 1.82) is 0 Å². The molecule has 2 aromatic rings. The van der Waals surface area contributed by atoms with Gasteiger partial charge in [0.05, 0.1) is 18.5 Å². The number of ether oxygens (including phenoxy) is 1. The van der Waals surface area contributed by atoms with E-state index in [9.17, 15) is 9.59 Å². The van der Waals surface area contributed by atoms with Crippen molar-refractivity contribution in [1.82, 2.24) is 14.8 Å². The third-order valence-corrected chi connectivity index (χ3v) is 8.44. The average Bonchev–Trinajstić information content (AvgIpc) is 2.77. The number of fused-ring (bicyclic) bond motifs is 2. The fourth-order valence-corrected chi connectivity index (χ4v) is 5.96. The maximum Gasteiger partial charge on any atom is 0.331 e. The lowest BCUT2D eigenvalue weighted by atomic mass is 9.45. The smallest absolute Gasteiger partial charge is 0.331 e. The second-order valence-corrected chi connectivity index (χ2v) is 10.4. The van der Waals surface area contributed by atoms with Gasteiger partial charge in [0.1, 0.15) is 4.47 Å². The fourth-order valence-electron chi connectivity index (χ4n) is 5.56. The molecule has 2 bridgehead atoms. The first-order valence-corrected chi connectivity index (χ1v) is 12.1. The maximum absolute atomic E-state index is 13.2. The van der Waals surface area contributed by atoms with Gasteiger partial charge < -0.3 is 10.1 Å². The molecule has 32 heavy (non-hydrogen) atoms. The van der Waals surface area contributed by atoms with Crippen molar-refractivity contribution < 1.29 is 9.53 Å². The number of hydrogen-bond donors (Lipinski definition) is 1. The van der Waals surface area contributed by atoms with Crippen molar-refractivity contribution >= 4 is 27.6 Å². The monoisotopic (exact) mass is 502 g/mol. The summed E-state index contributed by atoms with van der Waals surface area (Å²) in [7, 11) is 0. The molecule has 5 rings (SSSR count). The lowest BCUT2D eigenvalue weighted by molar-refractivity contribution is -0.147. The molecule has 7 nitrogen and oxygen atoms in total. The summed E-state index contributed by atoms with van der Waals surface area (Å²) < 4.78 is 6.85. The van der Waals surface area contributed by atoms with Crippen molar-refractivity contribution in [3.8, 4) is 0 Å². The molecule has 5 atom stereocenters. The lowest BCUT2D eigenvalue weighted by Gasteiger charge is -2.62. The topological polar surface area (TPSA) is 86.1 Å². The third kappa shape index (κ3) is 4.09. The molecule has 1 N–H and O–H groups in total. The highest BCUT2D eigenvalue weighted by molar-refractivity contribution is 9.10. The third-order valence-electron chi connectivity index (χ3n) is 7.67. The Morgan fingerprint density at radius 1 is 1.34 bits per heavy atom. The first-order chi connectivity index (χ1) is 15.2. The first kappa shape index (κ1) is 23.0. The number of anilines is 1. The average molecular weight is 503 g/mol. The molecule has 8 heteroatoms. The van der Waals surface area contributed by atoms with Gasteiger partial charge in [-0.1, -0.05) is 20.8 Å². The highest BCUT2D eigenvalue weighted by Gasteiger charge is 2.56. The molecule has 3 saturated carbocycles. The normalized spacial score (nSPS) is 26.7. The zero-order chi connectivity index (χ0) is 23.0. The zero-order valence-corrected chi connectivity index (χ0v) is 20.6. The molecule has 0 radical (unpaired) electrons. The molecule has 0 aliphatic heterocycles. The summed E-state index contributed by atoms with van der Waals surface area (Å²) in [5, 5.41) is 7.94. The Morgan fingerprint density at radius 2 is 2.06 bits per heavy atom. The summed E-state index contributed by atoms with van der Waals surface area (Å²) in [6.07, 6.45) is 7.65. The molecule has 2 heterocycles. The van der Waals surface area contributed by atoms with Gasteiger partial charge in [0.25, 0.3) is 5.56 Å². The molecular formula is C24H31BrN4O3. The summed E-state index contributed by atoms with van der Waals surface area (Å²) in [5.41, 5.74) is 1.60. The molecule has 2 aromatic heterocycles. The number of nitrogens with zero attached hydrogens (tertiary/aromatic N) is 3. The predicted octanol–water partition coefficient (Wildman–Crippen LogP) is 4.23. The van der Waals surface area contributed by atoms with Crippen molar-refractivity contribution in [2.24, 2.45) is 23.2 Å². The highest BCUT2D eigenvalue weighted by atomic mass is 79.9. The fraction of sp³-hybridized carbons (Fsp3) is 0.583. The Morgan fingerprint density at radius 3 is 2.69 bits per heavy atom. The van der Waals surface area contributed by atoms with Crippen LogP contribution in [0, 0.1) is 23.2 Å². The number of halogens is 1. The van der Waals surface area contributed by atoms with Gasteiger partial charge in [0.2, 0.25) is 0 Å². The number of rotatable bonds is 7. The number of nitrogens with one attached hydrogen (secondary N) is 1. The molecular weight excluding hydrogens is 472 g/mol. The number of esters is 1. The largest absolute Gasteiger partial charge is 0.464 e. The van der Waals surface area contributed by atoms with E-state index >= 15 is 0 Å². The zero-order valence-electron chi connectivity index (χ0n) is 19.0. The molecule has 0 aromatic carbocycles. The molecule has 0 spiro atoms. The Hall–Kier alpha value is -2.22. The van der Waals surface area contributed by atoms with Gasteiger partial charge in [-0.3, -0.25) is 9.78 Å². The van der Waals surface area contributed by atoms with Crippen LogP contribution >= 0.6 is 15.9 Å². The summed E-state index contributed by atoms with van der Waals surface area (Å²) in [6, 6.07) is 3.09. The highest BCUT2D eigenvalue weighted by Crippen LogP contribution is 2.61. The van der Waals surface area contributed by atoms with Crippen LogP contribution in [0.2, 0.25) is 0 Å². The number of aromatic nitrogens is 3. The molecule has 3 aliphatic carbocycles. The van der Waals surface area contributed by atoms with Gasteiger partial charge in [0.15, 0.2) is 6.04 Å². The van der Waals surface area contributed by atoms with E-state index in [2.05, 4.69) is 52.1 Å². The molecule has 1 unspecified atom stereocenters. The minimum absolute atomic E-state index is 0.236. The van der Waals surface area contributed by atoms with Crippen LogP contribution in [0.25, 0.3) is 0 Å². The van der Waals surface area contributed by atoms with E-state index in [-0.39, 0.29) is 12.2 Å². The van der Waals surface area contributed by atoms with Crippen LogP contribution in [0.3, 0.4) is 0 Å². The van der Waals surface area contributed by atoms with E-state index < -0.39 is 12.0 Å². The van der Waals surface area contributed by atoms with E-state index in [0.717, 1.165) is 12.0 Å². The van der Waals surface area contributed by atoms with Crippen LogP contribution in [-0.2, 0) is 16.0 Å². The molecule has 172 valence electrons. The summed E-state index contributed by atoms with van der Waals surface area (Å²) in [5.74, 6) is 1.44. The van der Waals surface area contributed by atoms with Gasteiger partial charge in [-0.05, 0) is 76.6 Å². The van der Waals surface area contributed by atoms with Gasteiger partial charge in [0, 0.05) is 24.9 Å². The first-order valence-electron chi connectivity index (χ1n) is 11.3. The van der Waals surface area contributed by atoms with Crippen LogP contribution in [0.15, 0.2) is 40.0 Å². The van der Waals surface area contributed by atoms with Crippen LogP contribution in [-0.4, -0.2) is 33.4 Å². The van der Waals surface area contributed by atoms with Gasteiger partial charge in [-0.2, -0.15) is 5.10 Å². The summed E-state index contributed by atoms with van der Waals surface area (Å²) in [4.78, 5) is 29.9. The van der Waals surface area contributed by atoms with Gasteiger partial charge >= 0.3 is 5.97 Å². The number of hydrogen-bond acceptors (Lipinski definition) is 6. The summed E-state index contributed by atoms with van der Waals surface area (Å²) >= 11 is 3.47. The minimum Gasteiger partial charge on any atom is -0.464 e. The SMILES string of the molecule is CCOC(=O)C(Cc1ccncc1)n1ncc(N[C@@H]2C[C@H]3C[C@H]([C@@H]2C)C3(C)C)c(Br)c1=O.